The number of ether oxygens (including phenoxy) is 2. The van der Waals surface area contributed by atoms with Gasteiger partial charge in [0.2, 0.25) is 0 Å². The van der Waals surface area contributed by atoms with Crippen molar-refractivity contribution in [3.63, 3.8) is 0 Å². The summed E-state index contributed by atoms with van der Waals surface area (Å²) in [6, 6.07) is 29.2. The number of phenolic OH excluding ortho intramolecular Hbond substituents is 1. The molecular weight excluding hydrogens is 702 g/mol. The minimum Gasteiger partial charge on any atom is -0.508 e. The number of aromatic hydroxyl groups is 1. The topological polar surface area (TPSA) is 92.4 Å². The lowest BCUT2D eigenvalue weighted by Crippen LogP contribution is -2.42. The molecule has 276 valence electrons. The van der Waals surface area contributed by atoms with Gasteiger partial charge in [0, 0.05) is 73.8 Å². The van der Waals surface area contributed by atoms with Gasteiger partial charge in [-0.25, -0.2) is 0 Å². The van der Waals surface area contributed by atoms with Crippen molar-refractivity contribution in [3.8, 4) is 28.5 Å². The zero-order chi connectivity index (χ0) is 36.4. The van der Waals surface area contributed by atoms with Crippen LogP contribution in [0.3, 0.4) is 0 Å². The van der Waals surface area contributed by atoms with E-state index in [1.54, 1.807) is 36.2 Å². The largest absolute Gasteiger partial charge is 0.508 e. The Balaban J connectivity index is 0.00000413. The number of carbonyl (C=O) groups is 2. The Morgan fingerprint density at radius 3 is 2.35 bits per heavy atom. The lowest BCUT2D eigenvalue weighted by atomic mass is 9.93. The number of fused-ring (bicyclic) bond motifs is 4. The fourth-order valence-corrected chi connectivity index (χ4v) is 8.15. The quantitative estimate of drug-likeness (QED) is 0.198. The van der Waals surface area contributed by atoms with Crippen LogP contribution in [0.15, 0.2) is 97.2 Å². The first-order valence-electron chi connectivity index (χ1n) is 18.1. The molecule has 0 spiro atoms. The minimum atomic E-state index is -0.183. The Morgan fingerprint density at radius 2 is 1.57 bits per heavy atom. The summed E-state index contributed by atoms with van der Waals surface area (Å²) < 4.78 is 16.4. The van der Waals surface area contributed by atoms with Crippen molar-refractivity contribution < 1.29 is 24.2 Å². The molecule has 1 N–H and O–H groups in total. The second kappa shape index (κ2) is 13.8. The molecule has 2 aromatic heterocycles. The van der Waals surface area contributed by atoms with Crippen LogP contribution in [0, 0.1) is 0 Å². The number of hydrogen-bond donors (Lipinski definition) is 1. The van der Waals surface area contributed by atoms with Crippen LogP contribution in [0.5, 0.6) is 17.2 Å². The van der Waals surface area contributed by atoms with Crippen LogP contribution in [-0.2, 0) is 33.1 Å². The maximum Gasteiger partial charge on any atom is 0.259 e. The number of carbonyl (C=O) groups excluding carboxylic acids is 2. The molecule has 0 fully saturated rings. The second-order valence-corrected chi connectivity index (χ2v) is 14.3. The van der Waals surface area contributed by atoms with Gasteiger partial charge >= 0.3 is 0 Å². The Kier molecular flexibility index (Phi) is 9.01. The molecule has 2 amide bonds. The van der Waals surface area contributed by atoms with Crippen molar-refractivity contribution in [1.29, 1.82) is 0 Å². The first-order chi connectivity index (χ1) is 25.7. The molecule has 4 aromatic carbocycles. The summed E-state index contributed by atoms with van der Waals surface area (Å²) in [6.07, 6.45) is 2.84. The average molecular weight is 744 g/mol. The van der Waals surface area contributed by atoms with E-state index in [4.69, 9.17) is 9.47 Å². The van der Waals surface area contributed by atoms with Gasteiger partial charge in [0.15, 0.2) is 11.5 Å². The molecular formula is C43H42ClN5O5. The molecule has 0 radical (unpaired) electrons. The van der Waals surface area contributed by atoms with Crippen molar-refractivity contribution in [2.75, 3.05) is 36.6 Å². The van der Waals surface area contributed by atoms with E-state index in [0.717, 1.165) is 40.0 Å². The van der Waals surface area contributed by atoms with E-state index >= 15 is 0 Å². The number of rotatable bonds is 5. The van der Waals surface area contributed by atoms with Crippen LogP contribution in [0.4, 0.5) is 11.4 Å². The average Bonchev–Trinajstić information content (AvgIpc) is 3.76. The maximum atomic E-state index is 14.8. The predicted octanol–water partition coefficient (Wildman–Crippen LogP) is 7.43. The Hall–Kier alpha value is -5.87. The number of aromatic nitrogens is 2. The second-order valence-electron chi connectivity index (χ2n) is 14.3. The van der Waals surface area contributed by atoms with Crippen molar-refractivity contribution in [1.82, 2.24) is 14.0 Å². The Labute approximate surface area is 320 Å². The number of halogens is 1. The van der Waals surface area contributed by atoms with E-state index in [-0.39, 0.29) is 36.0 Å². The minimum absolute atomic E-state index is 0. The summed E-state index contributed by atoms with van der Waals surface area (Å²) in [4.78, 5) is 35.2. The van der Waals surface area contributed by atoms with E-state index in [1.807, 2.05) is 36.2 Å². The van der Waals surface area contributed by atoms with Crippen molar-refractivity contribution in [3.05, 3.63) is 125 Å². The molecule has 9 rings (SSSR count). The number of nitrogens with zero attached hydrogens (tertiary/aromatic N) is 5. The third-order valence-corrected chi connectivity index (χ3v) is 11.1. The number of aryl methyl sites for hydroxylation is 1. The Morgan fingerprint density at radius 1 is 0.833 bits per heavy atom. The molecule has 0 unspecified atom stereocenters. The summed E-state index contributed by atoms with van der Waals surface area (Å²) in [5.74, 6) is 0.990. The van der Waals surface area contributed by atoms with E-state index < -0.39 is 0 Å². The molecule has 5 heterocycles. The highest BCUT2D eigenvalue weighted by atomic mass is 35.5. The summed E-state index contributed by atoms with van der Waals surface area (Å²) in [5.41, 5.74) is 8.74. The van der Waals surface area contributed by atoms with Crippen LogP contribution in [0.1, 0.15) is 44.5 Å². The highest BCUT2D eigenvalue weighted by Gasteiger charge is 2.34. The van der Waals surface area contributed by atoms with Gasteiger partial charge in [-0.2, -0.15) is 0 Å². The molecule has 6 aromatic rings. The van der Waals surface area contributed by atoms with Crippen LogP contribution in [0.25, 0.3) is 22.2 Å². The van der Waals surface area contributed by atoms with Gasteiger partial charge < -0.3 is 38.4 Å². The van der Waals surface area contributed by atoms with E-state index in [2.05, 4.69) is 69.6 Å². The van der Waals surface area contributed by atoms with Crippen molar-refractivity contribution in [2.24, 2.45) is 7.05 Å². The van der Waals surface area contributed by atoms with Crippen LogP contribution >= 0.6 is 12.4 Å². The molecule has 0 saturated heterocycles. The third-order valence-electron chi connectivity index (χ3n) is 11.1. The predicted molar refractivity (Wildman–Crippen MR) is 212 cm³/mol. The first-order valence-corrected chi connectivity index (χ1v) is 18.1. The fourth-order valence-electron chi connectivity index (χ4n) is 8.15. The molecule has 1 atom stereocenters. The molecule has 0 bridgehead atoms. The molecule has 3 aliphatic heterocycles. The van der Waals surface area contributed by atoms with Crippen LogP contribution < -0.4 is 19.3 Å². The summed E-state index contributed by atoms with van der Waals surface area (Å²) >= 11 is 0. The fraction of sp³-hybridized carbons (Fsp3) is 0.256. The normalized spacial score (nSPS) is 16.0. The number of anilines is 2. The molecule has 54 heavy (non-hydrogen) atoms. The lowest BCUT2D eigenvalue weighted by Gasteiger charge is -2.36. The molecule has 3 aliphatic rings. The van der Waals surface area contributed by atoms with E-state index in [9.17, 15) is 14.7 Å². The monoisotopic (exact) mass is 743 g/mol. The van der Waals surface area contributed by atoms with Crippen molar-refractivity contribution >= 4 is 46.5 Å². The molecule has 0 saturated carbocycles. The summed E-state index contributed by atoms with van der Waals surface area (Å²) in [5, 5.41) is 11.1. The smallest absolute Gasteiger partial charge is 0.259 e. The van der Waals surface area contributed by atoms with Gasteiger partial charge in [-0.1, -0.05) is 24.3 Å². The Bertz CT molecular complexity index is 2420. The number of hydrogen-bond acceptors (Lipinski definition) is 6. The van der Waals surface area contributed by atoms with Gasteiger partial charge in [0.05, 0.1) is 29.1 Å². The van der Waals surface area contributed by atoms with E-state index in [1.165, 1.54) is 5.56 Å². The molecule has 0 aliphatic carbocycles. The maximum absolute atomic E-state index is 14.8. The molecule has 11 heteroatoms. The van der Waals surface area contributed by atoms with Crippen LogP contribution in [0.2, 0.25) is 0 Å². The van der Waals surface area contributed by atoms with Gasteiger partial charge in [-0.3, -0.25) is 9.59 Å². The highest BCUT2D eigenvalue weighted by molar-refractivity contribution is 6.08. The number of phenols is 1. The first kappa shape index (κ1) is 35.2. The summed E-state index contributed by atoms with van der Waals surface area (Å²) in [6.45, 7) is 5.23. The van der Waals surface area contributed by atoms with E-state index in [0.29, 0.717) is 73.3 Å². The van der Waals surface area contributed by atoms with Gasteiger partial charge in [0.1, 0.15) is 19.0 Å². The van der Waals surface area contributed by atoms with Gasteiger partial charge in [-0.15, -0.1) is 12.4 Å². The van der Waals surface area contributed by atoms with Gasteiger partial charge in [0.25, 0.3) is 11.8 Å². The lowest BCUT2D eigenvalue weighted by molar-refractivity contribution is 0.0657. The summed E-state index contributed by atoms with van der Waals surface area (Å²) in [7, 11) is 3.79. The zero-order valence-electron chi connectivity index (χ0n) is 30.5. The standard InChI is InChI=1S/C43H41N5O5.ClH/c1-27-20-28-6-4-5-7-30(28)25-48(27)43(51)35-24-41-40(52-18-19-53-41)23-34(35)38-22-36(42(50)45(3)31-8-11-33(49)12-9-31)39-26-46(16-17-47(38)39)32-10-13-37-29(21-32)14-15-44(37)2;/h4-15,21-24,27,49H,16-20,25-26H2,1-3H3;1H/t27-;/m1./s1. The third kappa shape index (κ3) is 6.00. The number of amides is 2. The van der Waals surface area contributed by atoms with Crippen LogP contribution in [-0.4, -0.2) is 63.8 Å². The van der Waals surface area contributed by atoms with Crippen molar-refractivity contribution in [2.45, 2.75) is 39.0 Å². The molecule has 10 nitrogen and oxygen atoms in total. The number of benzene rings is 4. The van der Waals surface area contributed by atoms with Gasteiger partial charge in [-0.05, 0) is 91.2 Å². The SMILES string of the molecule is C[C@@H]1Cc2ccccc2CN1C(=O)c1cc2c(cc1-c1cc(C(=O)N(C)c3ccc(O)cc3)c3n1CCN(c1ccc4c(ccn4C)c1)C3)OCCO2.Cl. The highest BCUT2D eigenvalue weighted by Crippen LogP contribution is 2.42. The zero-order valence-corrected chi connectivity index (χ0v) is 31.3.